The van der Waals surface area contributed by atoms with E-state index in [9.17, 15) is 4.79 Å². The number of carbonyl (C=O) groups is 1. The summed E-state index contributed by atoms with van der Waals surface area (Å²) in [5.41, 5.74) is 7.09. The minimum Gasteiger partial charge on any atom is -0.460 e. The number of carbonyl (C=O) groups excluding carboxylic acids is 1. The van der Waals surface area contributed by atoms with Gasteiger partial charge in [-0.15, -0.1) is 0 Å². The van der Waals surface area contributed by atoms with E-state index >= 15 is 0 Å². The summed E-state index contributed by atoms with van der Waals surface area (Å²) in [5.74, 6) is 0.267. The highest BCUT2D eigenvalue weighted by Gasteiger charge is 2.16. The molecule has 0 aliphatic carbocycles. The van der Waals surface area contributed by atoms with Gasteiger partial charge in [-0.25, -0.2) is 4.98 Å². The van der Waals surface area contributed by atoms with Crippen molar-refractivity contribution < 1.29 is 9.53 Å². The molecule has 0 bridgehead atoms. The second-order valence-electron chi connectivity index (χ2n) is 5.19. The van der Waals surface area contributed by atoms with Gasteiger partial charge in [0.15, 0.2) is 0 Å². The Bertz CT molecular complexity index is 453. The lowest BCUT2D eigenvalue weighted by atomic mass is 10.1. The summed E-state index contributed by atoms with van der Waals surface area (Å²) < 4.78 is 6.01. The van der Waals surface area contributed by atoms with Gasteiger partial charge in [0.05, 0.1) is 4.47 Å². The number of nitrogens with two attached hydrogens (primary N) is 1. The normalized spacial score (nSPS) is 11.4. The molecule has 0 aromatic carbocycles. The van der Waals surface area contributed by atoms with E-state index in [2.05, 4.69) is 20.9 Å². The molecule has 0 fully saturated rings. The number of aromatic nitrogens is 1. The molecule has 0 unspecified atom stereocenters. The number of anilines is 1. The molecular formula is C13H19BrN2O2. The fourth-order valence-electron chi connectivity index (χ4n) is 1.52. The molecule has 0 saturated carbocycles. The van der Waals surface area contributed by atoms with Gasteiger partial charge in [0, 0.05) is 12.1 Å². The lowest BCUT2D eigenvalue weighted by Gasteiger charge is -2.19. The first-order valence-corrected chi connectivity index (χ1v) is 6.61. The number of nitrogens with zero attached hydrogens (tertiary/aromatic N) is 1. The lowest BCUT2D eigenvalue weighted by Crippen LogP contribution is -2.24. The number of aryl methyl sites for hydroxylation is 2. The van der Waals surface area contributed by atoms with Gasteiger partial charge in [-0.2, -0.15) is 0 Å². The van der Waals surface area contributed by atoms with Crippen molar-refractivity contribution >= 4 is 27.7 Å². The number of hydrogen-bond donors (Lipinski definition) is 1. The summed E-state index contributed by atoms with van der Waals surface area (Å²) in [6.07, 6.45) is 0.947. The Balaban J connectivity index is 2.64. The molecule has 18 heavy (non-hydrogen) atoms. The summed E-state index contributed by atoms with van der Waals surface area (Å²) in [4.78, 5) is 15.8. The van der Waals surface area contributed by atoms with Crippen LogP contribution in [0.4, 0.5) is 5.82 Å². The quantitative estimate of drug-likeness (QED) is 0.871. The molecule has 5 heteroatoms. The molecule has 100 valence electrons. The fourth-order valence-corrected chi connectivity index (χ4v) is 1.88. The van der Waals surface area contributed by atoms with Crippen molar-refractivity contribution in [2.24, 2.45) is 0 Å². The smallest absolute Gasteiger partial charge is 0.306 e. The second kappa shape index (κ2) is 5.69. The van der Waals surface area contributed by atoms with Crippen LogP contribution in [0.15, 0.2) is 10.5 Å². The van der Waals surface area contributed by atoms with E-state index in [1.165, 1.54) is 0 Å². The molecule has 0 aliphatic heterocycles. The van der Waals surface area contributed by atoms with Crippen LogP contribution in [-0.2, 0) is 16.0 Å². The van der Waals surface area contributed by atoms with Crippen LogP contribution in [0.25, 0.3) is 0 Å². The van der Waals surface area contributed by atoms with Crippen molar-refractivity contribution in [3.8, 4) is 0 Å². The maximum Gasteiger partial charge on any atom is 0.306 e. The Morgan fingerprint density at radius 1 is 1.50 bits per heavy atom. The monoisotopic (exact) mass is 314 g/mol. The van der Waals surface area contributed by atoms with E-state index < -0.39 is 5.60 Å². The third kappa shape index (κ3) is 4.64. The average molecular weight is 315 g/mol. The first-order valence-electron chi connectivity index (χ1n) is 5.82. The molecule has 0 spiro atoms. The number of hydrogen-bond acceptors (Lipinski definition) is 4. The molecule has 2 N–H and O–H groups in total. The number of rotatable bonds is 3. The third-order valence-corrected chi connectivity index (χ3v) is 2.95. The van der Waals surface area contributed by atoms with Crippen LogP contribution in [0.2, 0.25) is 0 Å². The predicted molar refractivity (Wildman–Crippen MR) is 75.3 cm³/mol. The molecule has 0 atom stereocenters. The Labute approximate surface area is 116 Å². The zero-order valence-corrected chi connectivity index (χ0v) is 12.8. The van der Waals surface area contributed by atoms with Crippen LogP contribution in [0.3, 0.4) is 0 Å². The van der Waals surface area contributed by atoms with Gasteiger partial charge < -0.3 is 10.5 Å². The number of pyridine rings is 1. The molecule has 0 radical (unpaired) electrons. The molecule has 0 saturated heterocycles. The maximum absolute atomic E-state index is 11.6. The van der Waals surface area contributed by atoms with Gasteiger partial charge in [-0.3, -0.25) is 4.79 Å². The molecule has 1 rings (SSSR count). The maximum atomic E-state index is 11.6. The molecule has 1 aromatic rings. The minimum atomic E-state index is -0.438. The van der Waals surface area contributed by atoms with Gasteiger partial charge in [0.1, 0.15) is 11.4 Å². The molecule has 4 nitrogen and oxygen atoms in total. The fraction of sp³-hybridized carbons (Fsp3) is 0.538. The van der Waals surface area contributed by atoms with Crippen LogP contribution in [0.1, 0.15) is 38.4 Å². The molecule has 1 aromatic heterocycles. The zero-order valence-electron chi connectivity index (χ0n) is 11.2. The molecule has 0 amide bonds. The van der Waals surface area contributed by atoms with Gasteiger partial charge in [0.2, 0.25) is 0 Å². The standard InChI is InChI=1S/C13H19BrN2O2/c1-8-9(7-10(14)12(15)16-8)5-6-11(17)18-13(2,3)4/h7H,5-6H2,1-4H3,(H2,15,16). The van der Waals surface area contributed by atoms with E-state index in [1.54, 1.807) is 0 Å². The van der Waals surface area contributed by atoms with E-state index in [0.29, 0.717) is 18.7 Å². The van der Waals surface area contributed by atoms with Gasteiger partial charge in [-0.1, -0.05) is 0 Å². The van der Waals surface area contributed by atoms with Crippen LogP contribution in [-0.4, -0.2) is 16.6 Å². The second-order valence-corrected chi connectivity index (χ2v) is 6.04. The molecule has 1 heterocycles. The minimum absolute atomic E-state index is 0.199. The predicted octanol–water partition coefficient (Wildman–Crippen LogP) is 3.01. The van der Waals surface area contributed by atoms with Crippen molar-refractivity contribution in [1.82, 2.24) is 4.98 Å². The largest absolute Gasteiger partial charge is 0.460 e. The van der Waals surface area contributed by atoms with Gasteiger partial charge >= 0.3 is 5.97 Å². The Morgan fingerprint density at radius 3 is 2.67 bits per heavy atom. The Morgan fingerprint density at radius 2 is 2.11 bits per heavy atom. The first kappa shape index (κ1) is 15.0. The summed E-state index contributed by atoms with van der Waals surface area (Å²) in [7, 11) is 0. The molecular weight excluding hydrogens is 296 g/mol. The van der Waals surface area contributed by atoms with Crippen LogP contribution in [0.5, 0.6) is 0 Å². The zero-order chi connectivity index (χ0) is 13.9. The highest BCUT2D eigenvalue weighted by atomic mass is 79.9. The number of esters is 1. The van der Waals surface area contributed by atoms with E-state index in [-0.39, 0.29) is 5.97 Å². The SMILES string of the molecule is Cc1nc(N)c(Br)cc1CCC(=O)OC(C)(C)C. The van der Waals surface area contributed by atoms with Gasteiger partial charge in [0.25, 0.3) is 0 Å². The number of nitrogen functional groups attached to an aromatic ring is 1. The van der Waals surface area contributed by atoms with Crippen molar-refractivity contribution in [1.29, 1.82) is 0 Å². The topological polar surface area (TPSA) is 65.2 Å². The van der Waals surface area contributed by atoms with Crippen molar-refractivity contribution in [3.05, 3.63) is 21.8 Å². The lowest BCUT2D eigenvalue weighted by molar-refractivity contribution is -0.154. The highest BCUT2D eigenvalue weighted by Crippen LogP contribution is 2.21. The Hall–Kier alpha value is -1.10. The highest BCUT2D eigenvalue weighted by molar-refractivity contribution is 9.10. The van der Waals surface area contributed by atoms with Crippen LogP contribution < -0.4 is 5.73 Å². The van der Waals surface area contributed by atoms with Crippen LogP contribution in [0, 0.1) is 6.92 Å². The number of halogens is 1. The van der Waals surface area contributed by atoms with E-state index in [0.717, 1.165) is 15.7 Å². The van der Waals surface area contributed by atoms with E-state index in [1.807, 2.05) is 33.8 Å². The Kier molecular flexibility index (Phi) is 4.73. The van der Waals surface area contributed by atoms with Crippen LogP contribution >= 0.6 is 15.9 Å². The molecule has 0 aliphatic rings. The summed E-state index contributed by atoms with van der Waals surface area (Å²) in [6.45, 7) is 7.46. The average Bonchev–Trinajstić information content (AvgIpc) is 2.19. The van der Waals surface area contributed by atoms with Gasteiger partial charge in [-0.05, 0) is 61.7 Å². The first-order chi connectivity index (χ1) is 8.19. The third-order valence-electron chi connectivity index (χ3n) is 2.32. The summed E-state index contributed by atoms with van der Waals surface area (Å²) >= 11 is 3.33. The van der Waals surface area contributed by atoms with Crippen molar-refractivity contribution in [3.63, 3.8) is 0 Å². The summed E-state index contributed by atoms with van der Waals surface area (Å²) in [5, 5.41) is 0. The van der Waals surface area contributed by atoms with Crippen molar-refractivity contribution in [2.45, 2.75) is 46.1 Å². The van der Waals surface area contributed by atoms with E-state index in [4.69, 9.17) is 10.5 Å². The van der Waals surface area contributed by atoms with Crippen molar-refractivity contribution in [2.75, 3.05) is 5.73 Å². The summed E-state index contributed by atoms with van der Waals surface area (Å²) in [6, 6.07) is 1.90. The number of ether oxygens (including phenoxy) is 1.